The first kappa shape index (κ1) is 22.2. The summed E-state index contributed by atoms with van der Waals surface area (Å²) >= 11 is 0. The van der Waals surface area contributed by atoms with Crippen molar-refractivity contribution >= 4 is 5.97 Å². The summed E-state index contributed by atoms with van der Waals surface area (Å²) < 4.78 is 10.3. The van der Waals surface area contributed by atoms with Crippen molar-refractivity contribution in [2.24, 2.45) is 0 Å². The second-order valence-electron chi connectivity index (χ2n) is 5.77. The number of rotatable bonds is 5. The molecule has 0 spiro atoms. The minimum atomic E-state index is -1.47. The van der Waals surface area contributed by atoms with Gasteiger partial charge in [-0.15, -0.1) is 0 Å². The van der Waals surface area contributed by atoms with Crippen molar-refractivity contribution in [2.75, 3.05) is 7.11 Å². The first-order chi connectivity index (χ1) is 9.67. The topological polar surface area (TPSA) is 96.2 Å². The molecule has 0 aliphatic carbocycles. The van der Waals surface area contributed by atoms with E-state index in [-0.39, 0.29) is 45.6 Å². The number of carbonyl (C=O) groups excluding carboxylic acids is 1. The van der Waals surface area contributed by atoms with Gasteiger partial charge in [-0.3, -0.25) is 5.92 Å². The minimum Gasteiger partial charge on any atom is -0.466 e. The summed E-state index contributed by atoms with van der Waals surface area (Å²) in [5.41, 5.74) is 0.694. The molecule has 1 aliphatic heterocycles. The van der Waals surface area contributed by atoms with Gasteiger partial charge in [-0.05, 0) is 19.8 Å². The van der Waals surface area contributed by atoms with E-state index in [1.807, 2.05) is 0 Å². The van der Waals surface area contributed by atoms with E-state index in [9.17, 15) is 20.1 Å². The van der Waals surface area contributed by atoms with Crippen molar-refractivity contribution in [3.8, 4) is 0 Å². The standard InChI is InChI=1S/C15H25O6.Y/c1-9(2)15(19)8-11(6-14(18)20-4)5-12(21-15)7-13(17)10(3)16;/h6,10,12-13,16-17,19H,5,7-8H2,1-4H3;/q-1;/b11-6+;/t10-,12+,13-,15-;/m1./s1. The molecule has 1 saturated heterocycles. The Morgan fingerprint density at radius 3 is 2.59 bits per heavy atom. The largest absolute Gasteiger partial charge is 0.466 e. The molecule has 3 N–H and O–H groups in total. The van der Waals surface area contributed by atoms with Crippen molar-refractivity contribution in [1.82, 2.24) is 0 Å². The van der Waals surface area contributed by atoms with Crippen molar-refractivity contribution in [3.05, 3.63) is 17.6 Å². The van der Waals surface area contributed by atoms with Crippen LogP contribution in [0, 0.1) is 5.92 Å². The molecule has 1 heterocycles. The Hall–Kier alpha value is 0.154. The second kappa shape index (κ2) is 9.45. The van der Waals surface area contributed by atoms with Gasteiger partial charge in [-0.1, -0.05) is 5.57 Å². The van der Waals surface area contributed by atoms with Crippen LogP contribution in [-0.2, 0) is 47.0 Å². The summed E-state index contributed by atoms with van der Waals surface area (Å²) in [7, 11) is 1.29. The third-order valence-electron chi connectivity index (χ3n) is 3.68. The fraction of sp³-hybridized carbons (Fsp3) is 0.733. The summed E-state index contributed by atoms with van der Waals surface area (Å²) in [6.07, 6.45) is -0.221. The number of methoxy groups -OCH3 is 1. The molecule has 1 aliphatic rings. The first-order valence-electron chi connectivity index (χ1n) is 7.02. The molecule has 0 aromatic carbocycles. The van der Waals surface area contributed by atoms with Crippen molar-refractivity contribution in [2.45, 2.75) is 64.1 Å². The van der Waals surface area contributed by atoms with Crippen molar-refractivity contribution in [3.63, 3.8) is 0 Å². The van der Waals surface area contributed by atoms with E-state index in [1.165, 1.54) is 20.1 Å². The fourth-order valence-electron chi connectivity index (χ4n) is 2.26. The molecule has 0 unspecified atom stereocenters. The maximum atomic E-state index is 11.4. The van der Waals surface area contributed by atoms with Crippen LogP contribution >= 0.6 is 0 Å². The van der Waals surface area contributed by atoms with Crippen LogP contribution in [0.1, 0.15) is 40.0 Å². The summed E-state index contributed by atoms with van der Waals surface area (Å²) in [5, 5.41) is 29.7. The SMILES string of the molecule is COC(=O)/C=C1\C[C@@H](C[C@@H](O)[C@@H](C)O)O[C@@](O)([C-](C)C)C1.[Y]. The maximum Gasteiger partial charge on any atom is 0.330 e. The monoisotopic (exact) mass is 390 g/mol. The van der Waals surface area contributed by atoms with Gasteiger partial charge in [0.25, 0.3) is 0 Å². The predicted octanol–water partition coefficient (Wildman–Crippen LogP) is 0.697. The van der Waals surface area contributed by atoms with Crippen LogP contribution in [-0.4, -0.2) is 52.5 Å². The summed E-state index contributed by atoms with van der Waals surface area (Å²) in [6.45, 7) is 4.97. The van der Waals surface area contributed by atoms with E-state index in [1.54, 1.807) is 13.8 Å². The molecule has 0 amide bonds. The fourth-order valence-corrected chi connectivity index (χ4v) is 2.26. The molecule has 1 rings (SSSR count). The zero-order valence-electron chi connectivity index (χ0n) is 13.6. The zero-order chi connectivity index (χ0) is 16.2. The van der Waals surface area contributed by atoms with E-state index in [0.29, 0.717) is 17.9 Å². The van der Waals surface area contributed by atoms with Crippen LogP contribution in [0.3, 0.4) is 0 Å². The van der Waals surface area contributed by atoms with E-state index in [2.05, 4.69) is 4.74 Å². The van der Waals surface area contributed by atoms with Crippen molar-refractivity contribution < 1.29 is 62.3 Å². The molecule has 22 heavy (non-hydrogen) atoms. The quantitative estimate of drug-likeness (QED) is 0.363. The Kier molecular flexibility index (Phi) is 9.52. The van der Waals surface area contributed by atoms with Gasteiger partial charge >= 0.3 is 5.97 Å². The average molecular weight is 390 g/mol. The zero-order valence-corrected chi connectivity index (χ0v) is 16.4. The molecule has 0 aromatic rings. The van der Waals surface area contributed by atoms with Crippen molar-refractivity contribution in [1.29, 1.82) is 0 Å². The Bertz CT molecular complexity index is 395. The van der Waals surface area contributed by atoms with E-state index < -0.39 is 30.1 Å². The molecule has 4 atom stereocenters. The van der Waals surface area contributed by atoms with Gasteiger partial charge in [0.15, 0.2) is 0 Å². The second-order valence-corrected chi connectivity index (χ2v) is 5.77. The first-order valence-corrected chi connectivity index (χ1v) is 7.02. The maximum absolute atomic E-state index is 11.4. The smallest absolute Gasteiger partial charge is 0.330 e. The van der Waals surface area contributed by atoms with E-state index in [4.69, 9.17) is 4.74 Å². The summed E-state index contributed by atoms with van der Waals surface area (Å²) in [5.74, 6) is -1.30. The van der Waals surface area contributed by atoms with Gasteiger partial charge in [0.05, 0.1) is 25.4 Å². The van der Waals surface area contributed by atoms with Gasteiger partial charge < -0.3 is 24.8 Å². The molecule has 0 aromatic heterocycles. The van der Waals surface area contributed by atoms with Crippen LogP contribution in [0.25, 0.3) is 0 Å². The molecule has 6 nitrogen and oxygen atoms in total. The predicted molar refractivity (Wildman–Crippen MR) is 76.1 cm³/mol. The van der Waals surface area contributed by atoms with Crippen LogP contribution in [0.4, 0.5) is 0 Å². The average Bonchev–Trinajstić information content (AvgIpc) is 2.37. The van der Waals surface area contributed by atoms with E-state index >= 15 is 0 Å². The number of aliphatic hydroxyl groups excluding tert-OH is 2. The molecule has 0 bridgehead atoms. The van der Waals surface area contributed by atoms with Crippen LogP contribution in [0.5, 0.6) is 0 Å². The Morgan fingerprint density at radius 2 is 2.14 bits per heavy atom. The molecule has 125 valence electrons. The molecule has 1 fully saturated rings. The number of ether oxygens (including phenoxy) is 2. The molecular weight excluding hydrogens is 365 g/mol. The number of carbonyl (C=O) groups is 1. The third kappa shape index (κ3) is 6.34. The summed E-state index contributed by atoms with van der Waals surface area (Å²) in [4.78, 5) is 11.4. The Morgan fingerprint density at radius 1 is 1.55 bits per heavy atom. The van der Waals surface area contributed by atoms with Gasteiger partial charge in [0, 0.05) is 51.0 Å². The Balaban J connectivity index is 0.00000441. The van der Waals surface area contributed by atoms with E-state index in [0.717, 1.165) is 0 Å². The van der Waals surface area contributed by atoms with Crippen LogP contribution in [0.2, 0.25) is 0 Å². The van der Waals surface area contributed by atoms with Gasteiger partial charge in [-0.25, -0.2) is 4.79 Å². The number of esters is 1. The van der Waals surface area contributed by atoms with Gasteiger partial charge in [0.1, 0.15) is 0 Å². The third-order valence-corrected chi connectivity index (χ3v) is 3.68. The minimum absolute atomic E-state index is 0. The summed E-state index contributed by atoms with van der Waals surface area (Å²) in [6, 6.07) is 0. The molecule has 1 radical (unpaired) electrons. The van der Waals surface area contributed by atoms with Crippen LogP contribution in [0.15, 0.2) is 11.6 Å². The molecule has 7 heteroatoms. The van der Waals surface area contributed by atoms with Gasteiger partial charge in [-0.2, -0.15) is 13.8 Å². The molecule has 0 saturated carbocycles. The van der Waals surface area contributed by atoms with Crippen LogP contribution < -0.4 is 0 Å². The number of aliphatic hydroxyl groups is 3. The van der Waals surface area contributed by atoms with Gasteiger partial charge in [0.2, 0.25) is 0 Å². The Labute approximate surface area is 156 Å². The number of hydrogen-bond acceptors (Lipinski definition) is 6. The normalized spacial score (nSPS) is 29.8. The molecular formula is C15H25O6Y-. The number of hydrogen-bond donors (Lipinski definition) is 3.